The van der Waals surface area contributed by atoms with Crippen LogP contribution in [0.2, 0.25) is 0 Å². The lowest BCUT2D eigenvalue weighted by atomic mass is 10.0. The highest BCUT2D eigenvalue weighted by molar-refractivity contribution is 7.83. The Morgan fingerprint density at radius 3 is 2.08 bits per heavy atom. The molecule has 2 rings (SSSR count). The van der Waals surface area contributed by atoms with Gasteiger partial charge in [0, 0.05) is 11.8 Å². The summed E-state index contributed by atoms with van der Waals surface area (Å²) in [5, 5.41) is 8.92. The largest absolute Gasteiger partial charge is 0.489 e. The van der Waals surface area contributed by atoms with Crippen LogP contribution >= 0.6 is 0 Å². The molecule has 4 nitrogen and oxygen atoms in total. The van der Waals surface area contributed by atoms with Crippen LogP contribution in [0.25, 0.3) is 11.1 Å². The zero-order chi connectivity index (χ0) is 17.5. The van der Waals surface area contributed by atoms with E-state index in [1.165, 1.54) is 0 Å². The number of benzene rings is 2. The third-order valence-corrected chi connectivity index (χ3v) is 4.79. The van der Waals surface area contributed by atoms with Gasteiger partial charge in [0.15, 0.2) is 0 Å². The molecule has 0 saturated heterocycles. The molecule has 24 heavy (non-hydrogen) atoms. The van der Waals surface area contributed by atoms with E-state index in [4.69, 9.17) is 10.00 Å². The van der Waals surface area contributed by atoms with E-state index < -0.39 is 11.0 Å². The second-order valence-corrected chi connectivity index (χ2v) is 7.66. The monoisotopic (exact) mass is 342 g/mol. The number of nitrogens with one attached hydrogen (secondary N) is 1. The summed E-state index contributed by atoms with van der Waals surface area (Å²) in [6.07, 6.45) is -0.0755. The molecular formula is C19H22N2O2S. The van der Waals surface area contributed by atoms with Gasteiger partial charge in [-0.15, -0.1) is 0 Å². The average Bonchev–Trinajstić information content (AvgIpc) is 2.60. The van der Waals surface area contributed by atoms with E-state index in [-0.39, 0.29) is 11.4 Å². The van der Waals surface area contributed by atoms with E-state index in [2.05, 4.69) is 10.8 Å². The lowest BCUT2D eigenvalue weighted by Crippen LogP contribution is -2.33. The van der Waals surface area contributed by atoms with Gasteiger partial charge in [0.1, 0.15) is 11.9 Å². The molecule has 0 bridgehead atoms. The van der Waals surface area contributed by atoms with Crippen LogP contribution in [0, 0.1) is 11.3 Å². The van der Waals surface area contributed by atoms with Crippen molar-refractivity contribution in [2.45, 2.75) is 32.1 Å². The molecule has 0 radical (unpaired) electrons. The molecule has 0 aliphatic rings. The van der Waals surface area contributed by atoms with Crippen molar-refractivity contribution in [1.29, 1.82) is 5.26 Å². The zero-order valence-corrected chi connectivity index (χ0v) is 15.0. The molecule has 0 aliphatic heterocycles. The van der Waals surface area contributed by atoms with Gasteiger partial charge in [0.25, 0.3) is 0 Å². The minimum atomic E-state index is -1.03. The van der Waals surface area contributed by atoms with Gasteiger partial charge in [-0.25, -0.2) is 8.93 Å². The Morgan fingerprint density at radius 1 is 1.04 bits per heavy atom. The molecule has 1 unspecified atom stereocenters. The van der Waals surface area contributed by atoms with Crippen molar-refractivity contribution in [3.05, 3.63) is 54.1 Å². The van der Waals surface area contributed by atoms with Crippen LogP contribution in [-0.4, -0.2) is 22.1 Å². The number of hydrogen-bond acceptors (Lipinski definition) is 3. The molecule has 5 heteroatoms. The van der Waals surface area contributed by atoms with Gasteiger partial charge in [-0.3, -0.25) is 0 Å². The number of rotatable bonds is 7. The lowest BCUT2D eigenvalue weighted by molar-refractivity contribution is 0.225. The van der Waals surface area contributed by atoms with Gasteiger partial charge in [0.05, 0.1) is 22.6 Å². The number of nitriles is 1. The summed E-state index contributed by atoms with van der Waals surface area (Å²) in [4.78, 5) is 0. The highest BCUT2D eigenvalue weighted by atomic mass is 32.2. The molecule has 0 spiro atoms. The average molecular weight is 342 g/mol. The summed E-state index contributed by atoms with van der Waals surface area (Å²) >= 11 is 0. The predicted octanol–water partition coefficient (Wildman–Crippen LogP) is 3.65. The Hall–Kier alpha value is -2.16. The second kappa shape index (κ2) is 8.62. The van der Waals surface area contributed by atoms with E-state index in [0.29, 0.717) is 12.1 Å². The topological polar surface area (TPSA) is 62.1 Å². The lowest BCUT2D eigenvalue weighted by Gasteiger charge is -2.16. The van der Waals surface area contributed by atoms with E-state index in [9.17, 15) is 4.21 Å². The van der Waals surface area contributed by atoms with Crippen molar-refractivity contribution < 1.29 is 8.95 Å². The third-order valence-electron chi connectivity index (χ3n) is 3.48. The fourth-order valence-corrected chi connectivity index (χ4v) is 2.84. The second-order valence-electron chi connectivity index (χ2n) is 5.84. The third kappa shape index (κ3) is 5.19. The Balaban J connectivity index is 1.94. The SMILES string of the molecule is CC(C)S(=O)NC[C@@H](C)Oc1ccc(-c2ccc(C#N)cc2)cc1. The Kier molecular flexibility index (Phi) is 6.53. The molecule has 126 valence electrons. The van der Waals surface area contributed by atoms with Crippen molar-refractivity contribution in [1.82, 2.24) is 4.72 Å². The van der Waals surface area contributed by atoms with Crippen LogP contribution in [-0.2, 0) is 11.0 Å². The maximum Gasteiger partial charge on any atom is 0.119 e. The van der Waals surface area contributed by atoms with Crippen molar-refractivity contribution >= 4 is 11.0 Å². The van der Waals surface area contributed by atoms with Crippen LogP contribution in [0.3, 0.4) is 0 Å². The molecule has 0 aromatic heterocycles. The van der Waals surface area contributed by atoms with Crippen molar-refractivity contribution in [3.8, 4) is 22.9 Å². The van der Waals surface area contributed by atoms with Crippen molar-refractivity contribution in [3.63, 3.8) is 0 Å². The zero-order valence-electron chi connectivity index (χ0n) is 14.2. The maximum absolute atomic E-state index is 11.7. The highest BCUT2D eigenvalue weighted by Gasteiger charge is 2.09. The molecule has 0 fully saturated rings. The van der Waals surface area contributed by atoms with Gasteiger partial charge in [-0.05, 0) is 56.2 Å². The Labute approximate surface area is 146 Å². The van der Waals surface area contributed by atoms with Gasteiger partial charge < -0.3 is 4.74 Å². The van der Waals surface area contributed by atoms with Crippen molar-refractivity contribution in [2.75, 3.05) is 6.54 Å². The molecule has 2 aromatic rings. The molecule has 0 heterocycles. The first-order chi connectivity index (χ1) is 11.5. The van der Waals surface area contributed by atoms with E-state index in [1.54, 1.807) is 0 Å². The van der Waals surface area contributed by atoms with Crippen LogP contribution < -0.4 is 9.46 Å². The first-order valence-corrected chi connectivity index (χ1v) is 9.12. The molecule has 0 amide bonds. The van der Waals surface area contributed by atoms with E-state index in [1.807, 2.05) is 69.3 Å². The first kappa shape index (κ1) is 18.2. The van der Waals surface area contributed by atoms with E-state index in [0.717, 1.165) is 16.9 Å². The van der Waals surface area contributed by atoms with E-state index >= 15 is 0 Å². The summed E-state index contributed by atoms with van der Waals surface area (Å²) < 4.78 is 20.5. The summed E-state index contributed by atoms with van der Waals surface area (Å²) in [5.41, 5.74) is 2.78. The van der Waals surface area contributed by atoms with Gasteiger partial charge in [0.2, 0.25) is 0 Å². The van der Waals surface area contributed by atoms with Crippen LogP contribution in [0.5, 0.6) is 5.75 Å². The number of nitrogens with zero attached hydrogens (tertiary/aromatic N) is 1. The van der Waals surface area contributed by atoms with Gasteiger partial charge in [-0.1, -0.05) is 24.3 Å². The smallest absolute Gasteiger partial charge is 0.119 e. The first-order valence-electron chi connectivity index (χ1n) is 7.91. The quantitative estimate of drug-likeness (QED) is 0.835. The van der Waals surface area contributed by atoms with Crippen molar-refractivity contribution in [2.24, 2.45) is 0 Å². The van der Waals surface area contributed by atoms with Crippen LogP contribution in [0.1, 0.15) is 26.3 Å². The fraction of sp³-hybridized carbons (Fsp3) is 0.316. The normalized spacial score (nSPS) is 13.3. The summed E-state index contributed by atoms with van der Waals surface area (Å²) in [5.74, 6) is 0.775. The molecular weight excluding hydrogens is 320 g/mol. The molecule has 2 atom stereocenters. The minimum absolute atomic E-state index is 0.0755. The maximum atomic E-state index is 11.7. The molecule has 2 aromatic carbocycles. The summed E-state index contributed by atoms with van der Waals surface area (Å²) in [7, 11) is -1.03. The summed E-state index contributed by atoms with van der Waals surface area (Å²) in [6, 6.07) is 17.4. The standard InChI is InChI=1S/C19H22N2O2S/c1-14(2)24(22)21-13-15(3)23-19-10-8-18(9-11-19)17-6-4-16(12-20)5-7-17/h4-11,14-15,21H,13H2,1-3H3/t15-,24?/m1/s1. The van der Waals surface area contributed by atoms with Gasteiger partial charge >= 0.3 is 0 Å². The Morgan fingerprint density at radius 2 is 1.58 bits per heavy atom. The summed E-state index contributed by atoms with van der Waals surface area (Å²) in [6.45, 7) is 6.30. The molecule has 0 saturated carbocycles. The highest BCUT2D eigenvalue weighted by Crippen LogP contribution is 2.23. The minimum Gasteiger partial charge on any atom is -0.489 e. The number of ether oxygens (including phenoxy) is 1. The van der Waals surface area contributed by atoms with Crippen LogP contribution in [0.4, 0.5) is 0 Å². The van der Waals surface area contributed by atoms with Crippen LogP contribution in [0.15, 0.2) is 48.5 Å². The molecule has 1 N–H and O–H groups in total. The predicted molar refractivity (Wildman–Crippen MR) is 98.0 cm³/mol. The number of hydrogen-bond donors (Lipinski definition) is 1. The Bertz CT molecular complexity index is 719. The fourth-order valence-electron chi connectivity index (χ4n) is 2.10. The van der Waals surface area contributed by atoms with Gasteiger partial charge in [-0.2, -0.15) is 5.26 Å². The molecule has 0 aliphatic carbocycles.